The maximum absolute atomic E-state index is 11.6. The summed E-state index contributed by atoms with van der Waals surface area (Å²) in [5.41, 5.74) is 2.25. The highest BCUT2D eigenvalue weighted by Gasteiger charge is 2.27. The molecule has 1 aromatic rings. The molecule has 1 atom stereocenters. The Morgan fingerprint density at radius 2 is 2.33 bits per heavy atom. The molecule has 1 N–H and O–H groups in total. The zero-order chi connectivity index (χ0) is 13.1. The quantitative estimate of drug-likeness (QED) is 0.831. The Kier molecular flexibility index (Phi) is 3.87. The molecule has 1 aliphatic heterocycles. The molecule has 1 aliphatic rings. The standard InChI is InChI=1S/C14H19NO3/c1-3-18-14(17)9-13-12-5-4-11(16)8-10(12)6-7-15(13)2/h4-5,8,13,16H,3,6-7,9H2,1-2H3. The summed E-state index contributed by atoms with van der Waals surface area (Å²) >= 11 is 0. The molecule has 0 saturated heterocycles. The Hall–Kier alpha value is -1.55. The number of carbonyl (C=O) groups excluding carboxylic acids is 1. The number of likely N-dealkylation sites (N-methyl/N-ethyl adjacent to an activating group) is 1. The molecule has 0 spiro atoms. The van der Waals surface area contributed by atoms with Crippen molar-refractivity contribution in [3.05, 3.63) is 29.3 Å². The van der Waals surface area contributed by atoms with Crippen molar-refractivity contribution in [2.24, 2.45) is 0 Å². The van der Waals surface area contributed by atoms with Crippen molar-refractivity contribution in [2.75, 3.05) is 20.2 Å². The minimum atomic E-state index is -0.171. The summed E-state index contributed by atoms with van der Waals surface area (Å²) < 4.78 is 5.02. The summed E-state index contributed by atoms with van der Waals surface area (Å²) in [7, 11) is 2.01. The van der Waals surface area contributed by atoms with Crippen molar-refractivity contribution in [1.29, 1.82) is 0 Å². The lowest BCUT2D eigenvalue weighted by Gasteiger charge is -2.34. The maximum atomic E-state index is 11.6. The first-order valence-electron chi connectivity index (χ1n) is 6.29. The molecule has 0 bridgehead atoms. The zero-order valence-electron chi connectivity index (χ0n) is 10.8. The molecule has 0 aliphatic carbocycles. The number of phenolic OH excluding ortho intramolecular Hbond substituents is 1. The van der Waals surface area contributed by atoms with Crippen LogP contribution in [0.15, 0.2) is 18.2 Å². The van der Waals surface area contributed by atoms with Gasteiger partial charge in [0.15, 0.2) is 0 Å². The fourth-order valence-electron chi connectivity index (χ4n) is 2.47. The average molecular weight is 249 g/mol. The van der Waals surface area contributed by atoms with E-state index in [1.54, 1.807) is 12.1 Å². The number of hydrogen-bond acceptors (Lipinski definition) is 4. The number of hydrogen-bond donors (Lipinski definition) is 1. The van der Waals surface area contributed by atoms with Crippen LogP contribution in [0.3, 0.4) is 0 Å². The van der Waals surface area contributed by atoms with Gasteiger partial charge in [-0.1, -0.05) is 6.07 Å². The van der Waals surface area contributed by atoms with Crippen molar-refractivity contribution in [2.45, 2.75) is 25.8 Å². The Morgan fingerprint density at radius 1 is 1.56 bits per heavy atom. The van der Waals surface area contributed by atoms with Gasteiger partial charge in [-0.05, 0) is 43.7 Å². The van der Waals surface area contributed by atoms with Crippen molar-refractivity contribution < 1.29 is 14.6 Å². The van der Waals surface area contributed by atoms with Gasteiger partial charge in [0.05, 0.1) is 13.0 Å². The Labute approximate surface area is 107 Å². The van der Waals surface area contributed by atoms with E-state index in [4.69, 9.17) is 4.74 Å². The molecule has 0 fully saturated rings. The molecule has 2 rings (SSSR count). The second-order valence-corrected chi connectivity index (χ2v) is 4.64. The SMILES string of the molecule is CCOC(=O)CC1c2ccc(O)cc2CCN1C. The van der Waals surface area contributed by atoms with E-state index in [1.807, 2.05) is 20.0 Å². The van der Waals surface area contributed by atoms with Gasteiger partial charge < -0.3 is 9.84 Å². The van der Waals surface area contributed by atoms with Crippen LogP contribution in [0, 0.1) is 0 Å². The van der Waals surface area contributed by atoms with E-state index in [9.17, 15) is 9.90 Å². The van der Waals surface area contributed by atoms with Gasteiger partial charge >= 0.3 is 5.97 Å². The van der Waals surface area contributed by atoms with E-state index in [0.717, 1.165) is 24.1 Å². The van der Waals surface area contributed by atoms with Crippen molar-refractivity contribution in [3.63, 3.8) is 0 Å². The van der Waals surface area contributed by atoms with Crippen molar-refractivity contribution >= 4 is 5.97 Å². The lowest BCUT2D eigenvalue weighted by atomic mass is 9.91. The molecule has 0 aromatic heterocycles. The van der Waals surface area contributed by atoms with Crippen LogP contribution < -0.4 is 0 Å². The first-order chi connectivity index (χ1) is 8.61. The predicted molar refractivity (Wildman–Crippen MR) is 68.4 cm³/mol. The summed E-state index contributed by atoms with van der Waals surface area (Å²) in [5.74, 6) is 0.114. The fourth-order valence-corrected chi connectivity index (χ4v) is 2.47. The van der Waals surface area contributed by atoms with E-state index in [2.05, 4.69) is 4.90 Å². The molecule has 18 heavy (non-hydrogen) atoms. The normalized spacial score (nSPS) is 19.3. The summed E-state index contributed by atoms with van der Waals surface area (Å²) in [5, 5.41) is 9.50. The number of benzene rings is 1. The highest BCUT2D eigenvalue weighted by atomic mass is 16.5. The number of rotatable bonds is 3. The van der Waals surface area contributed by atoms with E-state index in [0.29, 0.717) is 13.0 Å². The highest BCUT2D eigenvalue weighted by molar-refractivity contribution is 5.70. The predicted octanol–water partition coefficient (Wildman–Crippen LogP) is 1.87. The lowest BCUT2D eigenvalue weighted by Crippen LogP contribution is -2.33. The van der Waals surface area contributed by atoms with E-state index in [1.165, 1.54) is 0 Å². The number of carbonyl (C=O) groups is 1. The Bertz CT molecular complexity index is 445. The molecule has 0 saturated carbocycles. The number of aromatic hydroxyl groups is 1. The second kappa shape index (κ2) is 5.40. The highest BCUT2D eigenvalue weighted by Crippen LogP contribution is 2.33. The topological polar surface area (TPSA) is 49.8 Å². The third kappa shape index (κ3) is 2.64. The minimum Gasteiger partial charge on any atom is -0.508 e. The van der Waals surface area contributed by atoms with E-state index < -0.39 is 0 Å². The first-order valence-corrected chi connectivity index (χ1v) is 6.29. The van der Waals surface area contributed by atoms with Crippen LogP contribution in [0.2, 0.25) is 0 Å². The molecule has 0 amide bonds. The summed E-state index contributed by atoms with van der Waals surface area (Å²) in [4.78, 5) is 13.8. The summed E-state index contributed by atoms with van der Waals surface area (Å²) in [6, 6.07) is 5.43. The van der Waals surface area contributed by atoms with Gasteiger partial charge in [0.1, 0.15) is 5.75 Å². The Balaban J connectivity index is 2.22. The molecular formula is C14H19NO3. The van der Waals surface area contributed by atoms with Crippen LogP contribution in [-0.4, -0.2) is 36.2 Å². The number of fused-ring (bicyclic) bond motifs is 1. The number of esters is 1. The molecule has 0 radical (unpaired) electrons. The average Bonchev–Trinajstić information content (AvgIpc) is 2.33. The molecule has 1 aromatic carbocycles. The summed E-state index contributed by atoms with van der Waals surface area (Å²) in [6.07, 6.45) is 1.27. The summed E-state index contributed by atoms with van der Waals surface area (Å²) in [6.45, 7) is 3.12. The van der Waals surface area contributed by atoms with Crippen LogP contribution in [0.1, 0.15) is 30.5 Å². The number of nitrogens with zero attached hydrogens (tertiary/aromatic N) is 1. The largest absolute Gasteiger partial charge is 0.508 e. The van der Waals surface area contributed by atoms with Crippen molar-refractivity contribution in [1.82, 2.24) is 4.90 Å². The molecule has 1 heterocycles. The van der Waals surface area contributed by atoms with Gasteiger partial charge in [-0.15, -0.1) is 0 Å². The molecule has 4 heteroatoms. The fraction of sp³-hybridized carbons (Fsp3) is 0.500. The monoisotopic (exact) mass is 249 g/mol. The Morgan fingerprint density at radius 3 is 3.06 bits per heavy atom. The van der Waals surface area contributed by atoms with E-state index >= 15 is 0 Å². The van der Waals surface area contributed by atoms with Crippen LogP contribution >= 0.6 is 0 Å². The lowest BCUT2D eigenvalue weighted by molar-refractivity contribution is -0.144. The molecular weight excluding hydrogens is 230 g/mol. The van der Waals surface area contributed by atoms with Gasteiger partial charge in [-0.25, -0.2) is 0 Å². The van der Waals surface area contributed by atoms with Gasteiger partial charge in [0.25, 0.3) is 0 Å². The van der Waals surface area contributed by atoms with Crippen LogP contribution in [-0.2, 0) is 16.0 Å². The number of phenols is 1. The van der Waals surface area contributed by atoms with Gasteiger partial charge in [0.2, 0.25) is 0 Å². The molecule has 4 nitrogen and oxygen atoms in total. The smallest absolute Gasteiger partial charge is 0.307 e. The van der Waals surface area contributed by atoms with Crippen molar-refractivity contribution in [3.8, 4) is 5.75 Å². The third-order valence-corrected chi connectivity index (χ3v) is 3.42. The van der Waals surface area contributed by atoms with Gasteiger partial charge in [-0.2, -0.15) is 0 Å². The van der Waals surface area contributed by atoms with Crippen LogP contribution in [0.4, 0.5) is 0 Å². The zero-order valence-corrected chi connectivity index (χ0v) is 10.8. The molecule has 98 valence electrons. The van der Waals surface area contributed by atoms with Crippen LogP contribution in [0.5, 0.6) is 5.75 Å². The number of ether oxygens (including phenoxy) is 1. The molecule has 1 unspecified atom stereocenters. The van der Waals surface area contributed by atoms with Gasteiger partial charge in [-0.3, -0.25) is 9.69 Å². The van der Waals surface area contributed by atoms with E-state index in [-0.39, 0.29) is 17.8 Å². The van der Waals surface area contributed by atoms with Crippen LogP contribution in [0.25, 0.3) is 0 Å². The third-order valence-electron chi connectivity index (χ3n) is 3.42. The van der Waals surface area contributed by atoms with Gasteiger partial charge in [0, 0.05) is 12.6 Å². The second-order valence-electron chi connectivity index (χ2n) is 4.64. The minimum absolute atomic E-state index is 0.0494. The maximum Gasteiger partial charge on any atom is 0.307 e. The first kappa shape index (κ1) is 12.9.